The van der Waals surface area contributed by atoms with Crippen molar-refractivity contribution < 1.29 is 43.2 Å². The van der Waals surface area contributed by atoms with E-state index in [1.54, 1.807) is 6.92 Å². The normalized spacial score (nSPS) is 52.5. The lowest BCUT2D eigenvalue weighted by Gasteiger charge is -2.58. The maximum absolute atomic E-state index is 12.7. The Kier molecular flexibility index (Phi) is 5.45. The van der Waals surface area contributed by atoms with Gasteiger partial charge in [0.2, 0.25) is 0 Å². The van der Waals surface area contributed by atoms with Crippen molar-refractivity contribution in [2.45, 2.75) is 133 Å². The van der Waals surface area contributed by atoms with Crippen LogP contribution in [-0.4, -0.2) is 69.8 Å². The molecule has 9 heteroatoms. The Morgan fingerprint density at radius 3 is 2.55 bits per heavy atom. The minimum absolute atomic E-state index is 0.00655. The Balaban J connectivity index is 1.29. The molecular weight excluding hydrogens is 516 g/mol. The number of hydrogen-bond donors (Lipinski definition) is 1. The van der Waals surface area contributed by atoms with E-state index in [0.717, 1.165) is 12.8 Å². The molecule has 0 unspecified atom stereocenters. The third-order valence-corrected chi connectivity index (χ3v) is 12.4. The fourth-order valence-electron chi connectivity index (χ4n) is 10.7. The second-order valence-corrected chi connectivity index (χ2v) is 14.6. The van der Waals surface area contributed by atoms with Gasteiger partial charge in [0.25, 0.3) is 0 Å². The summed E-state index contributed by atoms with van der Waals surface area (Å²) in [6.45, 7) is 11.6. The van der Waals surface area contributed by atoms with E-state index in [-0.39, 0.29) is 67.1 Å². The summed E-state index contributed by atoms with van der Waals surface area (Å²) >= 11 is 0. The van der Waals surface area contributed by atoms with Crippen LogP contribution in [0.25, 0.3) is 0 Å². The molecule has 0 aromatic carbocycles. The van der Waals surface area contributed by atoms with Crippen molar-refractivity contribution in [3.63, 3.8) is 0 Å². The van der Waals surface area contributed by atoms with Gasteiger partial charge in [0.05, 0.1) is 23.7 Å². The first-order valence-electron chi connectivity index (χ1n) is 15.0. The van der Waals surface area contributed by atoms with Gasteiger partial charge < -0.3 is 28.8 Å². The number of carbonyl (C=O) groups is 3. The molecule has 0 amide bonds. The molecule has 3 aliphatic carbocycles. The summed E-state index contributed by atoms with van der Waals surface area (Å²) in [4.78, 5) is 37.6. The molecule has 2 spiro atoms. The van der Waals surface area contributed by atoms with Crippen molar-refractivity contribution in [2.75, 3.05) is 0 Å². The van der Waals surface area contributed by atoms with E-state index in [1.165, 1.54) is 6.92 Å². The molecule has 6 fully saturated rings. The number of fused-ring (bicyclic) bond motifs is 1. The van der Waals surface area contributed by atoms with Crippen molar-refractivity contribution in [1.29, 1.82) is 0 Å². The van der Waals surface area contributed by atoms with Gasteiger partial charge in [0.1, 0.15) is 29.5 Å². The van der Waals surface area contributed by atoms with E-state index in [1.807, 2.05) is 6.08 Å². The van der Waals surface area contributed by atoms with Crippen molar-refractivity contribution in [2.24, 2.45) is 29.1 Å². The fourth-order valence-corrected chi connectivity index (χ4v) is 10.7. The number of carbonyl (C=O) groups excluding carboxylic acids is 3. The lowest BCUT2D eigenvalue weighted by molar-refractivity contribution is -0.230. The monoisotopic (exact) mass is 558 g/mol. The molecule has 4 heterocycles. The van der Waals surface area contributed by atoms with E-state index in [4.69, 9.17) is 23.7 Å². The van der Waals surface area contributed by atoms with Crippen molar-refractivity contribution in [3.8, 4) is 0 Å². The predicted molar refractivity (Wildman–Crippen MR) is 140 cm³/mol. The summed E-state index contributed by atoms with van der Waals surface area (Å²) in [6, 6.07) is 0. The van der Waals surface area contributed by atoms with Crippen LogP contribution in [0.2, 0.25) is 0 Å². The van der Waals surface area contributed by atoms with Crippen LogP contribution in [0.15, 0.2) is 11.6 Å². The molecule has 0 aromatic heterocycles. The molecule has 9 nitrogen and oxygen atoms in total. The lowest BCUT2D eigenvalue weighted by Crippen LogP contribution is -2.67. The lowest BCUT2D eigenvalue weighted by atomic mass is 9.51. The number of rotatable bonds is 3. The quantitative estimate of drug-likeness (QED) is 0.316. The third-order valence-electron chi connectivity index (χ3n) is 12.4. The molecule has 12 atom stereocenters. The van der Waals surface area contributed by atoms with Gasteiger partial charge in [0, 0.05) is 49.0 Å². The van der Waals surface area contributed by atoms with E-state index in [0.29, 0.717) is 18.4 Å². The summed E-state index contributed by atoms with van der Waals surface area (Å²) in [5, 5.41) is 12.7. The molecule has 4 aliphatic heterocycles. The van der Waals surface area contributed by atoms with Crippen LogP contribution in [0.3, 0.4) is 0 Å². The van der Waals surface area contributed by atoms with Crippen LogP contribution in [0.1, 0.15) is 86.5 Å². The zero-order chi connectivity index (χ0) is 28.6. The Morgan fingerprint density at radius 2 is 1.85 bits per heavy atom. The van der Waals surface area contributed by atoms with E-state index >= 15 is 0 Å². The Bertz CT molecular complexity index is 1210. The maximum atomic E-state index is 12.7. The zero-order valence-corrected chi connectivity index (χ0v) is 24.4. The highest BCUT2D eigenvalue weighted by molar-refractivity contribution is 5.88. The fraction of sp³-hybridized carbons (Fsp3) is 0.839. The highest BCUT2D eigenvalue weighted by Gasteiger charge is 2.86. The highest BCUT2D eigenvalue weighted by atomic mass is 16.6. The molecule has 0 aromatic rings. The van der Waals surface area contributed by atoms with Gasteiger partial charge in [0.15, 0.2) is 0 Å². The minimum atomic E-state index is -1.27. The minimum Gasteiger partial charge on any atom is -0.462 e. The van der Waals surface area contributed by atoms with Crippen LogP contribution < -0.4 is 0 Å². The molecular formula is C31H42O9. The molecule has 3 saturated carbocycles. The molecule has 0 radical (unpaired) electrons. The van der Waals surface area contributed by atoms with Gasteiger partial charge in [-0.05, 0) is 51.9 Å². The number of aliphatic hydroxyl groups is 1. The Hall–Kier alpha value is -1.97. The summed E-state index contributed by atoms with van der Waals surface area (Å²) in [6.07, 6.45) is 4.07. The second kappa shape index (κ2) is 8.10. The number of cyclic esters (lactones) is 1. The molecule has 7 aliphatic rings. The first-order chi connectivity index (χ1) is 18.7. The maximum Gasteiger partial charge on any atom is 0.333 e. The average molecular weight is 559 g/mol. The first-order valence-corrected chi connectivity index (χ1v) is 15.0. The average Bonchev–Trinajstić information content (AvgIpc) is 3.37. The van der Waals surface area contributed by atoms with Crippen LogP contribution >= 0.6 is 0 Å². The van der Waals surface area contributed by atoms with Gasteiger partial charge in [-0.3, -0.25) is 9.59 Å². The zero-order valence-electron chi connectivity index (χ0n) is 24.4. The van der Waals surface area contributed by atoms with Gasteiger partial charge in [-0.1, -0.05) is 19.9 Å². The Labute approximate surface area is 235 Å². The molecule has 220 valence electrons. The van der Waals surface area contributed by atoms with Crippen LogP contribution in [0, 0.1) is 29.1 Å². The smallest absolute Gasteiger partial charge is 0.333 e. The topological polar surface area (TPSA) is 121 Å². The highest BCUT2D eigenvalue weighted by Crippen LogP contribution is 2.77. The van der Waals surface area contributed by atoms with Gasteiger partial charge in [-0.15, -0.1) is 0 Å². The summed E-state index contributed by atoms with van der Waals surface area (Å²) < 4.78 is 31.2. The SMILES string of the molecule is CC(=O)O[C@@H]1C[C@]2(O)C[C@]34OC(=O)C[C@H]3OC(C)(C)[C@@H]4CC[C@H]2[C@]23O[C@H]2C[C@H]([C@@H](C)[C@H]2CC=C(C)C(=O)O2)[C@@]13C. The van der Waals surface area contributed by atoms with Crippen LogP contribution in [0.4, 0.5) is 0 Å². The number of esters is 3. The second-order valence-electron chi connectivity index (χ2n) is 14.6. The predicted octanol–water partition coefficient (Wildman–Crippen LogP) is 3.39. The molecule has 7 rings (SSSR count). The van der Waals surface area contributed by atoms with Gasteiger partial charge in [-0.2, -0.15) is 0 Å². The van der Waals surface area contributed by atoms with E-state index in [2.05, 4.69) is 27.7 Å². The summed E-state index contributed by atoms with van der Waals surface area (Å²) in [7, 11) is 0. The summed E-state index contributed by atoms with van der Waals surface area (Å²) in [5.74, 6) is -1.19. The third kappa shape index (κ3) is 3.23. The molecule has 40 heavy (non-hydrogen) atoms. The van der Waals surface area contributed by atoms with Crippen molar-refractivity contribution in [3.05, 3.63) is 11.6 Å². The van der Waals surface area contributed by atoms with Crippen LogP contribution in [0.5, 0.6) is 0 Å². The molecule has 1 N–H and O–H groups in total. The van der Waals surface area contributed by atoms with E-state index < -0.39 is 46.0 Å². The summed E-state index contributed by atoms with van der Waals surface area (Å²) in [5.41, 5.74) is -3.32. The number of hydrogen-bond acceptors (Lipinski definition) is 9. The largest absolute Gasteiger partial charge is 0.462 e. The Morgan fingerprint density at radius 1 is 1.12 bits per heavy atom. The number of epoxide rings is 1. The molecule has 3 saturated heterocycles. The van der Waals surface area contributed by atoms with Gasteiger partial charge in [-0.25, -0.2) is 4.79 Å². The van der Waals surface area contributed by atoms with Crippen molar-refractivity contribution >= 4 is 17.9 Å². The van der Waals surface area contributed by atoms with E-state index in [9.17, 15) is 19.5 Å². The molecule has 0 bridgehead atoms. The first kappa shape index (κ1) is 26.9. The standard InChI is InChI=1S/C31H42O9/c1-15-7-8-19(37-26(15)34)16(2)18-11-23-31(39-23)21-10-9-20-27(4,5)38-22-12-25(33)40-30(20,22)14-29(21,35)13-24(28(18,31)6)36-17(3)32/h7,16,18-24,35H,8-14H2,1-6H3/t16-,18-,19-,20+,21-,22-,23+,24-,28+,29+,30-,31+/m1/s1. The van der Waals surface area contributed by atoms with Gasteiger partial charge >= 0.3 is 17.9 Å². The number of ether oxygens (including phenoxy) is 5. The van der Waals surface area contributed by atoms with Crippen molar-refractivity contribution in [1.82, 2.24) is 0 Å². The van der Waals surface area contributed by atoms with Crippen LogP contribution in [-0.2, 0) is 38.1 Å².